The number of hydrogen-bond acceptors (Lipinski definition) is 5. The predicted molar refractivity (Wildman–Crippen MR) is 57.6 cm³/mol. The van der Waals surface area contributed by atoms with Crippen molar-refractivity contribution in [2.45, 2.75) is 12.5 Å². The second kappa shape index (κ2) is 3.97. The van der Waals surface area contributed by atoms with Crippen LogP contribution < -0.4 is 5.32 Å². The van der Waals surface area contributed by atoms with Crippen molar-refractivity contribution in [3.8, 4) is 11.5 Å². The highest BCUT2D eigenvalue weighted by Crippen LogP contribution is 2.20. The maximum absolute atomic E-state index is 4.22. The van der Waals surface area contributed by atoms with Gasteiger partial charge in [-0.05, 0) is 19.0 Å². The van der Waals surface area contributed by atoms with Gasteiger partial charge in [-0.1, -0.05) is 5.21 Å². The molecule has 82 valence electrons. The summed E-state index contributed by atoms with van der Waals surface area (Å²) in [7, 11) is 0. The molecule has 0 aliphatic carbocycles. The fraction of sp³-hybridized carbons (Fsp3) is 0.400. The third-order valence-electron chi connectivity index (χ3n) is 2.75. The van der Waals surface area contributed by atoms with Crippen LogP contribution in [0.1, 0.15) is 12.5 Å². The van der Waals surface area contributed by atoms with E-state index in [1.807, 2.05) is 4.68 Å². The molecule has 1 N–H and O–H groups in total. The maximum Gasteiger partial charge on any atom is 0.179 e. The lowest BCUT2D eigenvalue weighted by atomic mass is 10.2. The van der Waals surface area contributed by atoms with E-state index in [9.17, 15) is 0 Å². The SMILES string of the molecule is c1cnc(-c2cnnn2C2CCNC2)nc1. The molecular weight excluding hydrogens is 204 g/mol. The summed E-state index contributed by atoms with van der Waals surface area (Å²) in [5.74, 6) is 0.680. The summed E-state index contributed by atoms with van der Waals surface area (Å²) in [5, 5.41) is 11.4. The molecule has 1 aliphatic heterocycles. The van der Waals surface area contributed by atoms with Crippen LogP contribution in [0, 0.1) is 0 Å². The van der Waals surface area contributed by atoms with Gasteiger partial charge in [-0.15, -0.1) is 5.10 Å². The van der Waals surface area contributed by atoms with E-state index in [-0.39, 0.29) is 0 Å². The first-order chi connectivity index (χ1) is 7.95. The predicted octanol–water partition coefficient (Wildman–Crippen LogP) is 0.269. The number of nitrogens with one attached hydrogen (secondary N) is 1. The maximum atomic E-state index is 4.22. The molecule has 1 aliphatic rings. The molecule has 2 aromatic rings. The van der Waals surface area contributed by atoms with E-state index in [4.69, 9.17) is 0 Å². The summed E-state index contributed by atoms with van der Waals surface area (Å²) >= 11 is 0. The molecular formula is C10H12N6. The second-order valence-electron chi connectivity index (χ2n) is 3.78. The first-order valence-corrected chi connectivity index (χ1v) is 5.33. The zero-order valence-corrected chi connectivity index (χ0v) is 8.74. The van der Waals surface area contributed by atoms with Crippen molar-refractivity contribution in [3.63, 3.8) is 0 Å². The lowest BCUT2D eigenvalue weighted by molar-refractivity contribution is 0.479. The van der Waals surface area contributed by atoms with Gasteiger partial charge in [-0.3, -0.25) is 0 Å². The van der Waals surface area contributed by atoms with Gasteiger partial charge in [0.15, 0.2) is 5.82 Å². The second-order valence-corrected chi connectivity index (χ2v) is 3.78. The van der Waals surface area contributed by atoms with E-state index >= 15 is 0 Å². The van der Waals surface area contributed by atoms with Crippen molar-refractivity contribution >= 4 is 0 Å². The van der Waals surface area contributed by atoms with Crippen LogP contribution >= 0.6 is 0 Å². The van der Waals surface area contributed by atoms with Gasteiger partial charge in [0.1, 0.15) is 5.69 Å². The highest BCUT2D eigenvalue weighted by Gasteiger charge is 2.21. The van der Waals surface area contributed by atoms with Crippen molar-refractivity contribution in [1.82, 2.24) is 30.3 Å². The Bertz CT molecular complexity index is 459. The average Bonchev–Trinajstić information content (AvgIpc) is 3.01. The van der Waals surface area contributed by atoms with Crippen molar-refractivity contribution in [3.05, 3.63) is 24.7 Å². The monoisotopic (exact) mass is 216 g/mol. The largest absolute Gasteiger partial charge is 0.315 e. The standard InChI is InChI=1S/C10H12N6/c1-3-12-10(13-4-1)9-7-14-15-16(9)8-2-5-11-6-8/h1,3-4,7-8,11H,2,5-6H2. The van der Waals surface area contributed by atoms with Crippen LogP contribution in [0.4, 0.5) is 0 Å². The molecule has 3 heterocycles. The van der Waals surface area contributed by atoms with Crippen LogP contribution in [0.3, 0.4) is 0 Å². The van der Waals surface area contributed by atoms with Crippen molar-refractivity contribution in [1.29, 1.82) is 0 Å². The molecule has 0 bridgehead atoms. The van der Waals surface area contributed by atoms with Crippen LogP contribution in [-0.4, -0.2) is 38.1 Å². The Labute approximate surface area is 92.7 Å². The van der Waals surface area contributed by atoms with E-state index in [1.54, 1.807) is 24.7 Å². The summed E-state index contributed by atoms with van der Waals surface area (Å²) in [6.45, 7) is 1.96. The molecule has 6 heteroatoms. The minimum Gasteiger partial charge on any atom is -0.315 e. The van der Waals surface area contributed by atoms with Gasteiger partial charge >= 0.3 is 0 Å². The fourth-order valence-corrected chi connectivity index (χ4v) is 1.95. The van der Waals surface area contributed by atoms with Gasteiger partial charge in [0.2, 0.25) is 0 Å². The molecule has 0 aromatic carbocycles. The van der Waals surface area contributed by atoms with Gasteiger partial charge in [0.05, 0.1) is 12.2 Å². The summed E-state index contributed by atoms with van der Waals surface area (Å²) < 4.78 is 1.91. The first-order valence-electron chi connectivity index (χ1n) is 5.33. The van der Waals surface area contributed by atoms with E-state index in [2.05, 4.69) is 25.6 Å². The third kappa shape index (κ3) is 1.57. The zero-order chi connectivity index (χ0) is 10.8. The van der Waals surface area contributed by atoms with Crippen LogP contribution in [0.25, 0.3) is 11.5 Å². The molecule has 3 rings (SSSR count). The molecule has 2 aromatic heterocycles. The Morgan fingerprint density at radius 1 is 1.31 bits per heavy atom. The summed E-state index contributed by atoms with van der Waals surface area (Å²) in [4.78, 5) is 8.44. The molecule has 1 fully saturated rings. The third-order valence-corrected chi connectivity index (χ3v) is 2.75. The molecule has 0 amide bonds. The van der Waals surface area contributed by atoms with Crippen LogP contribution in [0.2, 0.25) is 0 Å². The van der Waals surface area contributed by atoms with Gasteiger partial charge < -0.3 is 5.32 Å². The highest BCUT2D eigenvalue weighted by molar-refractivity contribution is 5.46. The minimum atomic E-state index is 0.362. The topological polar surface area (TPSA) is 68.5 Å². The van der Waals surface area contributed by atoms with Gasteiger partial charge in [-0.25, -0.2) is 14.6 Å². The number of nitrogens with zero attached hydrogens (tertiary/aromatic N) is 5. The first kappa shape index (κ1) is 9.41. The average molecular weight is 216 g/mol. The number of hydrogen-bond donors (Lipinski definition) is 1. The lowest BCUT2D eigenvalue weighted by Crippen LogP contribution is -2.16. The molecule has 0 spiro atoms. The molecule has 1 unspecified atom stereocenters. The van der Waals surface area contributed by atoms with Crippen molar-refractivity contribution < 1.29 is 0 Å². The van der Waals surface area contributed by atoms with Crippen molar-refractivity contribution in [2.24, 2.45) is 0 Å². The Kier molecular flexibility index (Phi) is 2.34. The summed E-state index contributed by atoms with van der Waals surface area (Å²) in [6.07, 6.45) is 6.25. The molecule has 0 saturated carbocycles. The number of aromatic nitrogens is 5. The Morgan fingerprint density at radius 3 is 2.94 bits per heavy atom. The van der Waals surface area contributed by atoms with E-state index in [0.29, 0.717) is 11.9 Å². The van der Waals surface area contributed by atoms with Crippen LogP contribution in [0.5, 0.6) is 0 Å². The van der Waals surface area contributed by atoms with E-state index in [1.165, 1.54) is 0 Å². The Morgan fingerprint density at radius 2 is 2.19 bits per heavy atom. The Hall–Kier alpha value is -1.82. The summed E-state index contributed by atoms with van der Waals surface area (Å²) in [5.41, 5.74) is 0.884. The van der Waals surface area contributed by atoms with Gasteiger partial charge in [-0.2, -0.15) is 0 Å². The summed E-state index contributed by atoms with van der Waals surface area (Å²) in [6, 6.07) is 2.16. The molecule has 6 nitrogen and oxygen atoms in total. The highest BCUT2D eigenvalue weighted by atomic mass is 15.4. The van der Waals surface area contributed by atoms with Gasteiger partial charge in [0.25, 0.3) is 0 Å². The van der Waals surface area contributed by atoms with Crippen molar-refractivity contribution in [2.75, 3.05) is 13.1 Å². The number of rotatable bonds is 2. The smallest absolute Gasteiger partial charge is 0.179 e. The zero-order valence-electron chi connectivity index (χ0n) is 8.74. The Balaban J connectivity index is 1.99. The van der Waals surface area contributed by atoms with E-state index in [0.717, 1.165) is 25.2 Å². The normalized spacial score (nSPS) is 20.1. The molecule has 1 atom stereocenters. The quantitative estimate of drug-likeness (QED) is 0.780. The van der Waals surface area contributed by atoms with Crippen LogP contribution in [-0.2, 0) is 0 Å². The molecule has 0 radical (unpaired) electrons. The minimum absolute atomic E-state index is 0.362. The molecule has 16 heavy (non-hydrogen) atoms. The molecule has 1 saturated heterocycles. The van der Waals surface area contributed by atoms with Gasteiger partial charge in [0, 0.05) is 18.9 Å². The van der Waals surface area contributed by atoms with E-state index < -0.39 is 0 Å². The lowest BCUT2D eigenvalue weighted by Gasteiger charge is -2.10. The van der Waals surface area contributed by atoms with Crippen LogP contribution in [0.15, 0.2) is 24.7 Å². The fourth-order valence-electron chi connectivity index (χ4n) is 1.95.